The summed E-state index contributed by atoms with van der Waals surface area (Å²) in [6, 6.07) is 7.57. The Morgan fingerprint density at radius 1 is 1.27 bits per heavy atom. The van der Waals surface area contributed by atoms with E-state index in [2.05, 4.69) is 0 Å². The lowest BCUT2D eigenvalue weighted by Crippen LogP contribution is -2.09. The molecule has 1 aromatic rings. The van der Waals surface area contributed by atoms with Gasteiger partial charge in [-0.2, -0.15) is 0 Å². The van der Waals surface area contributed by atoms with Gasteiger partial charge in [0, 0.05) is 10.7 Å². The molecule has 2 rings (SSSR count). The van der Waals surface area contributed by atoms with E-state index in [0.29, 0.717) is 0 Å². The molecule has 1 aliphatic rings. The second-order valence-corrected chi connectivity index (χ2v) is 6.89. The van der Waals surface area contributed by atoms with Crippen molar-refractivity contribution in [2.75, 3.05) is 0 Å². The number of aryl methyl sites for hydroxylation is 1. The molecule has 15 heavy (non-hydrogen) atoms. The molecule has 1 atom stereocenters. The zero-order valence-corrected chi connectivity index (χ0v) is 10.1. The molecular formula is C11H13ClO2S. The molecule has 0 saturated heterocycles. The molecule has 1 aliphatic carbocycles. The third kappa shape index (κ3) is 2.52. The molecule has 82 valence electrons. The normalized spacial score (nSPS) is 18.8. The summed E-state index contributed by atoms with van der Waals surface area (Å²) in [5.74, 6) is 0.218. The quantitative estimate of drug-likeness (QED) is 0.766. The highest BCUT2D eigenvalue weighted by Gasteiger charge is 2.40. The largest absolute Gasteiger partial charge is 0.239 e. The van der Waals surface area contributed by atoms with Gasteiger partial charge in [0.2, 0.25) is 9.05 Å². The Kier molecular flexibility index (Phi) is 2.77. The lowest BCUT2D eigenvalue weighted by Gasteiger charge is -2.12. The minimum Gasteiger partial charge on any atom is -0.212 e. The van der Waals surface area contributed by atoms with Crippen LogP contribution in [0.2, 0.25) is 0 Å². The van der Waals surface area contributed by atoms with Crippen LogP contribution in [0, 0.1) is 12.8 Å². The van der Waals surface area contributed by atoms with Gasteiger partial charge < -0.3 is 0 Å². The lowest BCUT2D eigenvalue weighted by atomic mass is 10.1. The predicted molar refractivity (Wildman–Crippen MR) is 61.4 cm³/mol. The van der Waals surface area contributed by atoms with E-state index in [9.17, 15) is 8.42 Å². The molecule has 0 N–H and O–H groups in total. The average molecular weight is 245 g/mol. The lowest BCUT2D eigenvalue weighted by molar-refractivity contribution is 0.586. The summed E-state index contributed by atoms with van der Waals surface area (Å²) in [6.07, 6.45) is 1.93. The summed E-state index contributed by atoms with van der Waals surface area (Å²) < 4.78 is 22.9. The van der Waals surface area contributed by atoms with Gasteiger partial charge in [0.05, 0.1) is 0 Å². The van der Waals surface area contributed by atoms with Gasteiger partial charge in [0.15, 0.2) is 0 Å². The van der Waals surface area contributed by atoms with Crippen molar-refractivity contribution in [2.45, 2.75) is 25.0 Å². The van der Waals surface area contributed by atoms with Gasteiger partial charge in [-0.15, -0.1) is 0 Å². The molecule has 1 saturated carbocycles. The van der Waals surface area contributed by atoms with Crippen LogP contribution in [-0.4, -0.2) is 8.42 Å². The van der Waals surface area contributed by atoms with E-state index in [0.717, 1.165) is 24.0 Å². The third-order valence-electron chi connectivity index (χ3n) is 2.76. The van der Waals surface area contributed by atoms with Crippen molar-refractivity contribution < 1.29 is 8.42 Å². The first-order valence-electron chi connectivity index (χ1n) is 4.98. The highest BCUT2D eigenvalue weighted by atomic mass is 35.7. The van der Waals surface area contributed by atoms with E-state index >= 15 is 0 Å². The molecule has 0 amide bonds. The third-order valence-corrected chi connectivity index (χ3v) is 4.60. The van der Waals surface area contributed by atoms with Crippen LogP contribution in [0.5, 0.6) is 0 Å². The van der Waals surface area contributed by atoms with Crippen LogP contribution in [0.15, 0.2) is 24.3 Å². The first-order valence-corrected chi connectivity index (χ1v) is 7.36. The van der Waals surface area contributed by atoms with Crippen molar-refractivity contribution in [3.8, 4) is 0 Å². The Bertz CT molecular complexity index is 446. The molecule has 0 bridgehead atoms. The molecule has 0 radical (unpaired) electrons. The highest BCUT2D eigenvalue weighted by Crippen LogP contribution is 2.46. The molecule has 1 fully saturated rings. The number of hydrogen-bond donors (Lipinski definition) is 0. The average Bonchev–Trinajstić information content (AvgIpc) is 2.90. The van der Waals surface area contributed by atoms with E-state index in [1.807, 2.05) is 31.2 Å². The molecule has 2 nitrogen and oxygen atoms in total. The molecule has 0 aromatic heterocycles. The predicted octanol–water partition coefficient (Wildman–Crippen LogP) is 3.01. The molecular weight excluding hydrogens is 232 g/mol. The van der Waals surface area contributed by atoms with Gasteiger partial charge in [-0.1, -0.05) is 29.8 Å². The van der Waals surface area contributed by atoms with Crippen molar-refractivity contribution in [1.29, 1.82) is 0 Å². The van der Waals surface area contributed by atoms with Crippen LogP contribution >= 0.6 is 10.7 Å². The Hall–Kier alpha value is -0.540. The van der Waals surface area contributed by atoms with Crippen LogP contribution < -0.4 is 0 Å². The summed E-state index contributed by atoms with van der Waals surface area (Å²) in [4.78, 5) is 0. The molecule has 4 heteroatoms. The van der Waals surface area contributed by atoms with Crippen LogP contribution in [0.1, 0.15) is 29.2 Å². The van der Waals surface area contributed by atoms with E-state index in [1.165, 1.54) is 0 Å². The highest BCUT2D eigenvalue weighted by molar-refractivity contribution is 8.13. The van der Waals surface area contributed by atoms with Gasteiger partial charge in [0.25, 0.3) is 0 Å². The van der Waals surface area contributed by atoms with Crippen LogP contribution in [-0.2, 0) is 9.05 Å². The van der Waals surface area contributed by atoms with Crippen LogP contribution in [0.25, 0.3) is 0 Å². The SMILES string of the molecule is Cc1ccc(C(C2CC2)S(=O)(=O)Cl)cc1. The van der Waals surface area contributed by atoms with E-state index in [1.54, 1.807) is 0 Å². The molecule has 0 aliphatic heterocycles. The van der Waals surface area contributed by atoms with Crippen molar-refractivity contribution in [1.82, 2.24) is 0 Å². The van der Waals surface area contributed by atoms with E-state index in [-0.39, 0.29) is 5.92 Å². The number of rotatable bonds is 3. The maximum atomic E-state index is 11.5. The fourth-order valence-corrected chi connectivity index (χ4v) is 3.78. The molecule has 1 unspecified atom stereocenters. The number of benzene rings is 1. The smallest absolute Gasteiger partial charge is 0.212 e. The second-order valence-electron chi connectivity index (χ2n) is 4.14. The van der Waals surface area contributed by atoms with E-state index in [4.69, 9.17) is 10.7 Å². The van der Waals surface area contributed by atoms with Gasteiger partial charge in [0.1, 0.15) is 5.25 Å². The number of halogens is 1. The summed E-state index contributed by atoms with van der Waals surface area (Å²) >= 11 is 0. The summed E-state index contributed by atoms with van der Waals surface area (Å²) in [5, 5.41) is -0.514. The Labute approximate surface area is 94.7 Å². The van der Waals surface area contributed by atoms with Crippen molar-refractivity contribution in [3.05, 3.63) is 35.4 Å². The van der Waals surface area contributed by atoms with Crippen molar-refractivity contribution >= 4 is 19.7 Å². The van der Waals surface area contributed by atoms with Gasteiger partial charge in [-0.25, -0.2) is 8.42 Å². The van der Waals surface area contributed by atoms with Gasteiger partial charge >= 0.3 is 0 Å². The van der Waals surface area contributed by atoms with E-state index < -0.39 is 14.3 Å². The minimum atomic E-state index is -3.50. The standard InChI is InChI=1S/C11H13ClO2S/c1-8-2-4-9(5-3-8)11(10-6-7-10)15(12,13)14/h2-5,10-11H,6-7H2,1H3. The van der Waals surface area contributed by atoms with Crippen molar-refractivity contribution in [3.63, 3.8) is 0 Å². The molecule has 0 heterocycles. The summed E-state index contributed by atoms with van der Waals surface area (Å²) in [5.41, 5.74) is 1.94. The van der Waals surface area contributed by atoms with Gasteiger partial charge in [-0.05, 0) is 31.2 Å². The molecule has 1 aromatic carbocycles. The Morgan fingerprint density at radius 3 is 2.20 bits per heavy atom. The zero-order chi connectivity index (χ0) is 11.1. The first-order chi connectivity index (χ1) is 6.98. The Morgan fingerprint density at radius 2 is 1.80 bits per heavy atom. The number of hydrogen-bond acceptors (Lipinski definition) is 2. The van der Waals surface area contributed by atoms with Gasteiger partial charge in [-0.3, -0.25) is 0 Å². The fourth-order valence-electron chi connectivity index (χ4n) is 1.82. The van der Waals surface area contributed by atoms with Crippen LogP contribution in [0.3, 0.4) is 0 Å². The summed E-state index contributed by atoms with van der Waals surface area (Å²) in [7, 11) is 1.99. The maximum Gasteiger partial charge on any atom is 0.239 e. The minimum absolute atomic E-state index is 0.218. The molecule has 0 spiro atoms. The zero-order valence-electron chi connectivity index (χ0n) is 8.48. The summed E-state index contributed by atoms with van der Waals surface area (Å²) in [6.45, 7) is 1.98. The first kappa shape index (κ1) is 11.0. The maximum absolute atomic E-state index is 11.5. The monoisotopic (exact) mass is 244 g/mol. The van der Waals surface area contributed by atoms with Crippen molar-refractivity contribution in [2.24, 2.45) is 5.92 Å². The Balaban J connectivity index is 2.37. The fraction of sp³-hybridized carbons (Fsp3) is 0.455. The second kappa shape index (κ2) is 3.80. The van der Waals surface area contributed by atoms with Crippen LogP contribution in [0.4, 0.5) is 0 Å². The topological polar surface area (TPSA) is 34.1 Å².